The molecule has 0 amide bonds. The van der Waals surface area contributed by atoms with E-state index in [0.29, 0.717) is 39.6 Å². The second-order valence-electron chi connectivity index (χ2n) is 7.10. The molecular weight excluding hydrogens is 413 g/mol. The third-order valence-corrected chi connectivity index (χ3v) is 4.94. The van der Waals surface area contributed by atoms with Crippen molar-refractivity contribution in [2.24, 2.45) is 0 Å². The molecule has 0 unspecified atom stereocenters. The summed E-state index contributed by atoms with van der Waals surface area (Å²) in [4.78, 5) is 24.1. The number of rotatable bonds is 6. The lowest BCUT2D eigenvalue weighted by molar-refractivity contribution is -0.137. The Kier molecular flexibility index (Phi) is 4.95. The van der Waals surface area contributed by atoms with E-state index < -0.39 is 5.97 Å². The Bertz CT molecular complexity index is 1410. The molecule has 0 aliphatic heterocycles. The number of nitrogens with zero attached hydrogens (tertiary/aromatic N) is 3. The van der Waals surface area contributed by atoms with Crippen molar-refractivity contribution in [2.45, 2.75) is 12.8 Å². The third kappa shape index (κ3) is 3.74. The number of carbonyl (C=O) groups is 1. The Labute approximate surface area is 181 Å². The number of oxazole rings is 1. The number of aryl methyl sites for hydroxylation is 1. The van der Waals surface area contributed by atoms with Crippen LogP contribution in [-0.4, -0.2) is 26.0 Å². The number of fused-ring (bicyclic) bond motifs is 1. The van der Waals surface area contributed by atoms with Crippen LogP contribution in [0.25, 0.3) is 45.1 Å². The predicted molar refractivity (Wildman–Crippen MR) is 114 cm³/mol. The number of halogens is 1. The van der Waals surface area contributed by atoms with Crippen LogP contribution in [0.1, 0.15) is 12.3 Å². The maximum atomic E-state index is 13.5. The summed E-state index contributed by atoms with van der Waals surface area (Å²) >= 11 is 0. The molecule has 0 bridgehead atoms. The van der Waals surface area contributed by atoms with Crippen LogP contribution in [0.5, 0.6) is 0 Å². The van der Waals surface area contributed by atoms with Gasteiger partial charge in [0.2, 0.25) is 5.71 Å². The Balaban J connectivity index is 1.67. The van der Waals surface area contributed by atoms with Crippen LogP contribution in [-0.2, 0) is 11.2 Å². The van der Waals surface area contributed by atoms with Gasteiger partial charge in [0.25, 0.3) is 0 Å². The molecule has 1 N–H and O–H groups in total. The first-order valence-electron chi connectivity index (χ1n) is 9.86. The first-order chi connectivity index (χ1) is 15.6. The lowest BCUT2D eigenvalue weighted by atomic mass is 10.1. The summed E-state index contributed by atoms with van der Waals surface area (Å²) in [6.07, 6.45) is 1.34. The predicted octanol–water partition coefficient (Wildman–Crippen LogP) is 5.37. The molecule has 3 aromatic heterocycles. The van der Waals surface area contributed by atoms with Gasteiger partial charge in [-0.1, -0.05) is 30.3 Å². The Morgan fingerprint density at radius 2 is 1.72 bits per heavy atom. The van der Waals surface area contributed by atoms with Gasteiger partial charge in [0.1, 0.15) is 29.3 Å². The van der Waals surface area contributed by atoms with Crippen molar-refractivity contribution in [2.75, 3.05) is 0 Å². The fourth-order valence-electron chi connectivity index (χ4n) is 3.43. The van der Waals surface area contributed by atoms with Crippen molar-refractivity contribution in [3.8, 4) is 34.0 Å². The maximum Gasteiger partial charge on any atom is 0.303 e. The molecule has 3 heterocycles. The summed E-state index contributed by atoms with van der Waals surface area (Å²) in [7, 11) is 0. The third-order valence-electron chi connectivity index (χ3n) is 4.94. The Morgan fingerprint density at radius 1 is 0.938 bits per heavy atom. The first kappa shape index (κ1) is 19.6. The van der Waals surface area contributed by atoms with Gasteiger partial charge >= 0.3 is 5.97 Å². The minimum Gasteiger partial charge on any atom is -0.481 e. The molecule has 32 heavy (non-hydrogen) atoms. The molecule has 0 aliphatic carbocycles. The number of benzene rings is 2. The van der Waals surface area contributed by atoms with Gasteiger partial charge in [-0.05, 0) is 30.3 Å². The Hall–Kier alpha value is -4.33. The second-order valence-corrected chi connectivity index (χ2v) is 7.10. The molecule has 158 valence electrons. The van der Waals surface area contributed by atoms with Crippen LogP contribution in [0.15, 0.2) is 75.8 Å². The SMILES string of the molecule is O=C(O)CCc1nc(-c2ccc(F)cc2)c(-c2ncnc3oc(-c4ccccc4)cc23)o1. The topological polar surface area (TPSA) is 102 Å². The van der Waals surface area contributed by atoms with Gasteiger partial charge in [0.05, 0.1) is 11.8 Å². The van der Waals surface area contributed by atoms with Crippen LogP contribution >= 0.6 is 0 Å². The van der Waals surface area contributed by atoms with Crippen LogP contribution in [0.4, 0.5) is 4.39 Å². The standard InChI is InChI=1S/C24H16FN3O4/c25-16-8-6-15(7-9-16)21-23(32-19(28-21)10-11-20(29)30)22-17-12-18(14-4-2-1-3-5-14)31-24(17)27-13-26-22/h1-9,12-13H,10-11H2,(H,29,30). The molecule has 0 saturated heterocycles. The summed E-state index contributed by atoms with van der Waals surface area (Å²) in [5.74, 6) is -0.127. The molecule has 0 aliphatic rings. The maximum absolute atomic E-state index is 13.5. The zero-order valence-corrected chi connectivity index (χ0v) is 16.7. The lowest BCUT2D eigenvalue weighted by Gasteiger charge is -2.01. The molecule has 0 saturated carbocycles. The van der Waals surface area contributed by atoms with E-state index in [1.807, 2.05) is 36.4 Å². The van der Waals surface area contributed by atoms with E-state index in [4.69, 9.17) is 13.9 Å². The number of carboxylic acid groups (broad SMARTS) is 1. The van der Waals surface area contributed by atoms with Crippen molar-refractivity contribution in [3.05, 3.63) is 78.7 Å². The number of furan rings is 1. The normalized spacial score (nSPS) is 11.2. The quantitative estimate of drug-likeness (QED) is 0.387. The average Bonchev–Trinajstić information content (AvgIpc) is 3.43. The monoisotopic (exact) mass is 429 g/mol. The van der Waals surface area contributed by atoms with E-state index in [2.05, 4.69) is 15.0 Å². The van der Waals surface area contributed by atoms with Gasteiger partial charge in [-0.15, -0.1) is 0 Å². The number of carboxylic acids is 1. The summed E-state index contributed by atoms with van der Waals surface area (Å²) in [6.45, 7) is 0. The van der Waals surface area contributed by atoms with E-state index in [-0.39, 0.29) is 24.5 Å². The highest BCUT2D eigenvalue weighted by molar-refractivity contribution is 5.94. The Morgan fingerprint density at radius 3 is 2.47 bits per heavy atom. The van der Waals surface area contributed by atoms with Gasteiger partial charge in [-0.25, -0.2) is 19.3 Å². The smallest absolute Gasteiger partial charge is 0.303 e. The van der Waals surface area contributed by atoms with Gasteiger partial charge in [-0.2, -0.15) is 0 Å². The van der Waals surface area contributed by atoms with Crippen molar-refractivity contribution in [1.29, 1.82) is 0 Å². The molecule has 5 rings (SSSR count). The molecular formula is C24H16FN3O4. The zero-order chi connectivity index (χ0) is 22.1. The highest BCUT2D eigenvalue weighted by Crippen LogP contribution is 2.37. The largest absolute Gasteiger partial charge is 0.481 e. The average molecular weight is 429 g/mol. The van der Waals surface area contributed by atoms with E-state index in [1.54, 1.807) is 12.1 Å². The molecule has 7 nitrogen and oxygen atoms in total. The highest BCUT2D eigenvalue weighted by atomic mass is 19.1. The molecule has 0 spiro atoms. The highest BCUT2D eigenvalue weighted by Gasteiger charge is 2.22. The summed E-state index contributed by atoms with van der Waals surface area (Å²) in [5, 5.41) is 9.64. The van der Waals surface area contributed by atoms with Crippen LogP contribution in [0.3, 0.4) is 0 Å². The number of aromatic nitrogens is 3. The van der Waals surface area contributed by atoms with Gasteiger partial charge in [0.15, 0.2) is 11.7 Å². The molecule has 0 fully saturated rings. The van der Waals surface area contributed by atoms with Crippen molar-refractivity contribution < 1.29 is 23.1 Å². The summed E-state index contributed by atoms with van der Waals surface area (Å²) in [6, 6.07) is 17.2. The molecule has 5 aromatic rings. The van der Waals surface area contributed by atoms with E-state index in [0.717, 1.165) is 5.56 Å². The van der Waals surface area contributed by atoms with Crippen molar-refractivity contribution in [1.82, 2.24) is 15.0 Å². The number of hydrogen-bond donors (Lipinski definition) is 1. The van der Waals surface area contributed by atoms with E-state index >= 15 is 0 Å². The molecule has 8 heteroatoms. The molecule has 0 atom stereocenters. The number of hydrogen-bond acceptors (Lipinski definition) is 6. The van der Waals surface area contributed by atoms with Crippen LogP contribution < -0.4 is 0 Å². The fourth-order valence-corrected chi connectivity index (χ4v) is 3.43. The van der Waals surface area contributed by atoms with Gasteiger partial charge in [0, 0.05) is 17.5 Å². The second kappa shape index (κ2) is 8.07. The van der Waals surface area contributed by atoms with Crippen molar-refractivity contribution >= 4 is 17.1 Å². The number of aliphatic carboxylic acids is 1. The fraction of sp³-hybridized carbons (Fsp3) is 0.0833. The minimum atomic E-state index is -0.958. The summed E-state index contributed by atoms with van der Waals surface area (Å²) < 4.78 is 25.4. The first-order valence-corrected chi connectivity index (χ1v) is 9.86. The van der Waals surface area contributed by atoms with E-state index in [9.17, 15) is 9.18 Å². The molecule has 0 radical (unpaired) electrons. The van der Waals surface area contributed by atoms with Gasteiger partial charge in [-0.3, -0.25) is 4.79 Å². The van der Waals surface area contributed by atoms with Crippen LogP contribution in [0, 0.1) is 5.82 Å². The van der Waals surface area contributed by atoms with Crippen LogP contribution in [0.2, 0.25) is 0 Å². The minimum absolute atomic E-state index is 0.110. The van der Waals surface area contributed by atoms with Gasteiger partial charge < -0.3 is 13.9 Å². The zero-order valence-electron chi connectivity index (χ0n) is 16.7. The molecule has 2 aromatic carbocycles. The van der Waals surface area contributed by atoms with E-state index in [1.165, 1.54) is 18.5 Å². The summed E-state index contributed by atoms with van der Waals surface area (Å²) in [5.41, 5.74) is 2.77. The lowest BCUT2D eigenvalue weighted by Crippen LogP contribution is -1.97. The van der Waals surface area contributed by atoms with Crippen molar-refractivity contribution in [3.63, 3.8) is 0 Å².